The molecule has 1 saturated carbocycles. The molecular weight excluding hydrogens is 279 g/mol. The van der Waals surface area contributed by atoms with Crippen molar-refractivity contribution < 1.29 is 12.8 Å². The zero-order valence-electron chi connectivity index (χ0n) is 12.0. The molecule has 0 radical (unpaired) electrons. The van der Waals surface area contributed by atoms with Crippen LogP contribution in [0.15, 0.2) is 23.1 Å². The second-order valence-electron chi connectivity index (χ2n) is 5.89. The van der Waals surface area contributed by atoms with Gasteiger partial charge in [-0.1, -0.05) is 0 Å². The van der Waals surface area contributed by atoms with Crippen LogP contribution in [-0.2, 0) is 16.6 Å². The quantitative estimate of drug-likeness (QED) is 0.845. The van der Waals surface area contributed by atoms with Crippen LogP contribution in [0.5, 0.6) is 0 Å². The molecule has 0 aromatic heterocycles. The molecule has 0 saturated heterocycles. The monoisotopic (exact) mass is 300 g/mol. The number of hydrogen-bond acceptors (Lipinski definition) is 3. The molecule has 0 atom stereocenters. The maximum atomic E-state index is 13.6. The Kier molecular flexibility index (Phi) is 4.18. The van der Waals surface area contributed by atoms with Crippen molar-refractivity contribution in [2.75, 3.05) is 7.05 Å². The minimum atomic E-state index is -3.63. The zero-order chi connectivity index (χ0) is 15.0. The van der Waals surface area contributed by atoms with Gasteiger partial charge in [-0.25, -0.2) is 17.5 Å². The van der Waals surface area contributed by atoms with Crippen molar-refractivity contribution in [3.8, 4) is 0 Å². The van der Waals surface area contributed by atoms with Crippen LogP contribution in [0.2, 0.25) is 0 Å². The summed E-state index contributed by atoms with van der Waals surface area (Å²) in [5, 5.41) is 2.82. The molecule has 0 spiro atoms. The topological polar surface area (TPSA) is 58.2 Å². The van der Waals surface area contributed by atoms with Crippen LogP contribution < -0.4 is 10.0 Å². The summed E-state index contributed by atoms with van der Waals surface area (Å²) in [6, 6.07) is 3.89. The highest BCUT2D eigenvalue weighted by atomic mass is 32.2. The van der Waals surface area contributed by atoms with Crippen molar-refractivity contribution in [3.63, 3.8) is 0 Å². The highest BCUT2D eigenvalue weighted by molar-refractivity contribution is 7.89. The minimum absolute atomic E-state index is 0.109. The van der Waals surface area contributed by atoms with Gasteiger partial charge in [-0.05, 0) is 57.9 Å². The lowest BCUT2D eigenvalue weighted by atomic mass is 10.0. The maximum Gasteiger partial charge on any atom is 0.241 e. The van der Waals surface area contributed by atoms with Gasteiger partial charge in [0, 0.05) is 17.6 Å². The number of halogens is 1. The van der Waals surface area contributed by atoms with E-state index in [-0.39, 0.29) is 4.90 Å². The Morgan fingerprint density at radius 2 is 2.00 bits per heavy atom. The first-order valence-electron chi connectivity index (χ1n) is 6.73. The van der Waals surface area contributed by atoms with Crippen LogP contribution in [0.3, 0.4) is 0 Å². The van der Waals surface area contributed by atoms with Crippen LogP contribution in [-0.4, -0.2) is 21.0 Å². The van der Waals surface area contributed by atoms with Crippen molar-refractivity contribution in [1.82, 2.24) is 10.0 Å². The van der Waals surface area contributed by atoms with Crippen LogP contribution in [0.1, 0.15) is 32.3 Å². The van der Waals surface area contributed by atoms with E-state index in [1.165, 1.54) is 18.2 Å². The summed E-state index contributed by atoms with van der Waals surface area (Å²) in [4.78, 5) is 0.109. The minimum Gasteiger partial charge on any atom is -0.316 e. The molecule has 0 aliphatic heterocycles. The zero-order valence-corrected chi connectivity index (χ0v) is 12.8. The first-order chi connectivity index (χ1) is 9.26. The third-order valence-electron chi connectivity index (χ3n) is 3.69. The van der Waals surface area contributed by atoms with Crippen molar-refractivity contribution in [3.05, 3.63) is 29.6 Å². The van der Waals surface area contributed by atoms with E-state index in [9.17, 15) is 12.8 Å². The number of benzene rings is 1. The molecule has 0 unspecified atom stereocenters. The Bertz CT molecular complexity index is 595. The molecule has 2 N–H and O–H groups in total. The molecule has 1 aliphatic carbocycles. The molecule has 2 rings (SSSR count). The second-order valence-corrected chi connectivity index (χ2v) is 7.57. The van der Waals surface area contributed by atoms with Gasteiger partial charge in [0.25, 0.3) is 0 Å². The Morgan fingerprint density at radius 1 is 1.35 bits per heavy atom. The summed E-state index contributed by atoms with van der Waals surface area (Å²) in [6.45, 7) is 4.07. The maximum absolute atomic E-state index is 13.6. The van der Waals surface area contributed by atoms with Gasteiger partial charge in [0.05, 0.1) is 4.90 Å². The van der Waals surface area contributed by atoms with Gasteiger partial charge in [-0.2, -0.15) is 0 Å². The molecule has 1 aromatic rings. The lowest BCUT2D eigenvalue weighted by molar-refractivity contribution is 0.400. The summed E-state index contributed by atoms with van der Waals surface area (Å²) >= 11 is 0. The van der Waals surface area contributed by atoms with Crippen molar-refractivity contribution in [1.29, 1.82) is 0 Å². The van der Waals surface area contributed by atoms with Crippen LogP contribution in [0.4, 0.5) is 4.39 Å². The molecule has 4 nitrogen and oxygen atoms in total. The number of nitrogens with one attached hydrogen (secondary N) is 2. The molecule has 1 aromatic carbocycles. The summed E-state index contributed by atoms with van der Waals surface area (Å²) in [5.74, 6) is -0.0192. The smallest absolute Gasteiger partial charge is 0.241 e. The predicted octanol–water partition coefficient (Wildman–Crippen LogP) is 2.01. The molecule has 0 amide bonds. The molecule has 20 heavy (non-hydrogen) atoms. The van der Waals surface area contributed by atoms with Crippen molar-refractivity contribution >= 4 is 10.0 Å². The van der Waals surface area contributed by atoms with E-state index in [4.69, 9.17) is 0 Å². The predicted molar refractivity (Wildman–Crippen MR) is 76.3 cm³/mol. The lowest BCUT2D eigenvalue weighted by Crippen LogP contribution is -2.45. The fourth-order valence-corrected chi connectivity index (χ4v) is 3.86. The first kappa shape index (κ1) is 15.4. The Labute approximate surface area is 119 Å². The Morgan fingerprint density at radius 3 is 2.55 bits per heavy atom. The highest BCUT2D eigenvalue weighted by Gasteiger charge is 2.40. The van der Waals surface area contributed by atoms with E-state index < -0.39 is 21.4 Å². The average molecular weight is 300 g/mol. The van der Waals surface area contributed by atoms with Crippen molar-refractivity contribution in [2.24, 2.45) is 5.92 Å². The van der Waals surface area contributed by atoms with E-state index >= 15 is 0 Å². The van der Waals surface area contributed by atoms with Crippen LogP contribution in [0, 0.1) is 11.7 Å². The van der Waals surface area contributed by atoms with E-state index in [2.05, 4.69) is 10.0 Å². The summed E-state index contributed by atoms with van der Waals surface area (Å²) < 4.78 is 41.1. The standard InChI is InChI=1S/C14H21FN2O2S/c1-14(2,11-4-5-11)17-20(18,19)12-6-7-13(15)10(8-12)9-16-3/h6-8,11,16-17H,4-5,9H2,1-3H3. The van der Waals surface area contributed by atoms with Gasteiger partial charge in [-0.15, -0.1) is 0 Å². The van der Waals surface area contributed by atoms with Gasteiger partial charge in [0.15, 0.2) is 0 Å². The van der Waals surface area contributed by atoms with Crippen molar-refractivity contribution in [2.45, 2.75) is 43.7 Å². The Balaban J connectivity index is 2.27. The summed E-state index contributed by atoms with van der Waals surface area (Å²) in [7, 11) is -1.94. The van der Waals surface area contributed by atoms with Gasteiger partial charge in [0.2, 0.25) is 10.0 Å². The summed E-state index contributed by atoms with van der Waals surface area (Å²) in [6.07, 6.45) is 2.09. The van der Waals surface area contributed by atoms with Crippen LogP contribution >= 0.6 is 0 Å². The first-order valence-corrected chi connectivity index (χ1v) is 8.21. The molecule has 0 bridgehead atoms. The average Bonchev–Trinajstić information content (AvgIpc) is 3.14. The van der Waals surface area contributed by atoms with Gasteiger partial charge in [0.1, 0.15) is 5.82 Å². The molecule has 112 valence electrons. The van der Waals surface area contributed by atoms with E-state index in [1.807, 2.05) is 13.8 Å². The molecule has 6 heteroatoms. The second kappa shape index (κ2) is 5.42. The fourth-order valence-electron chi connectivity index (χ4n) is 2.34. The summed E-state index contributed by atoms with van der Waals surface area (Å²) in [5.41, 5.74) is -0.115. The van der Waals surface area contributed by atoms with Crippen LogP contribution in [0.25, 0.3) is 0 Å². The van der Waals surface area contributed by atoms with E-state index in [0.29, 0.717) is 18.0 Å². The Hall–Kier alpha value is -0.980. The number of rotatable bonds is 6. The normalized spacial score (nSPS) is 16.4. The largest absolute Gasteiger partial charge is 0.316 e. The molecule has 1 aliphatic rings. The lowest BCUT2D eigenvalue weighted by Gasteiger charge is -2.25. The van der Waals surface area contributed by atoms with E-state index in [1.54, 1.807) is 7.05 Å². The van der Waals surface area contributed by atoms with Gasteiger partial charge >= 0.3 is 0 Å². The van der Waals surface area contributed by atoms with Gasteiger partial charge < -0.3 is 5.32 Å². The highest BCUT2D eigenvalue weighted by Crippen LogP contribution is 2.39. The molecular formula is C14H21FN2O2S. The molecule has 0 heterocycles. The fraction of sp³-hybridized carbons (Fsp3) is 0.571. The van der Waals surface area contributed by atoms with Gasteiger partial charge in [-0.3, -0.25) is 0 Å². The SMILES string of the molecule is CNCc1cc(S(=O)(=O)NC(C)(C)C2CC2)ccc1F. The third kappa shape index (κ3) is 3.37. The third-order valence-corrected chi connectivity index (χ3v) is 5.36. The number of sulfonamides is 1. The van der Waals surface area contributed by atoms with E-state index in [0.717, 1.165) is 12.8 Å². The number of hydrogen-bond donors (Lipinski definition) is 2. The molecule has 1 fully saturated rings.